The van der Waals surface area contributed by atoms with Gasteiger partial charge in [-0.3, -0.25) is 0 Å². The highest BCUT2D eigenvalue weighted by molar-refractivity contribution is 5.71. The summed E-state index contributed by atoms with van der Waals surface area (Å²) in [5, 5.41) is 14.4. The summed E-state index contributed by atoms with van der Waals surface area (Å²) >= 11 is 0. The molecule has 1 unspecified atom stereocenters. The molecule has 0 bridgehead atoms. The summed E-state index contributed by atoms with van der Waals surface area (Å²) < 4.78 is 70.5. The first-order valence-electron chi connectivity index (χ1n) is 26.8. The second kappa shape index (κ2) is 32.7. The van der Waals surface area contributed by atoms with Gasteiger partial charge in [0.05, 0.1) is 53.9 Å². The molecule has 14 nitrogen and oxygen atoms in total. The Bertz CT molecular complexity index is 2530. The number of piperidine rings is 2. The minimum atomic E-state index is -0.406. The van der Waals surface area contributed by atoms with Gasteiger partial charge in [-0.05, 0) is 109 Å². The Morgan fingerprint density at radius 3 is 1.33 bits per heavy atom. The molecule has 0 radical (unpaired) electrons. The summed E-state index contributed by atoms with van der Waals surface area (Å²) in [6, 6.07) is 46.0. The third-order valence-corrected chi connectivity index (χ3v) is 13.5. The lowest BCUT2D eigenvalue weighted by Crippen LogP contribution is -2.47. The third kappa shape index (κ3) is 19.8. The Labute approximate surface area is 457 Å². The van der Waals surface area contributed by atoms with Crippen molar-refractivity contribution in [3.05, 3.63) is 191 Å². The van der Waals surface area contributed by atoms with Crippen LogP contribution in [0.2, 0.25) is 0 Å². The number of hydrogen-bond donors (Lipinski definition) is 4. The normalized spacial score (nSPS) is 17.0. The van der Waals surface area contributed by atoms with E-state index in [1.807, 2.05) is 84.9 Å². The molecule has 0 spiro atoms. The maximum absolute atomic E-state index is 13.6. The highest BCUT2D eigenvalue weighted by atomic mass is 19.1. The lowest BCUT2D eigenvalue weighted by atomic mass is 9.86. The minimum absolute atomic E-state index is 0.106. The van der Waals surface area contributed by atoms with Gasteiger partial charge >= 0.3 is 11.9 Å². The number of methoxy groups -OCH3 is 2. The van der Waals surface area contributed by atoms with Crippen LogP contribution in [0.1, 0.15) is 70.9 Å². The first-order chi connectivity index (χ1) is 38.2. The summed E-state index contributed by atoms with van der Waals surface area (Å²) in [4.78, 5) is 22.7. The molecular formula is C62H74F2N4O10. The number of esters is 2. The second-order valence-corrected chi connectivity index (χ2v) is 19.0. The molecule has 0 amide bonds. The van der Waals surface area contributed by atoms with Crippen molar-refractivity contribution in [2.45, 2.75) is 75.9 Å². The number of carbonyl (C=O) groups is 2. The molecule has 4 atom stereocenters. The van der Waals surface area contributed by atoms with Gasteiger partial charge in [0.1, 0.15) is 34.6 Å². The largest absolute Gasteiger partial charge is 0.494 e. The van der Waals surface area contributed by atoms with Crippen molar-refractivity contribution in [1.82, 2.24) is 21.3 Å². The van der Waals surface area contributed by atoms with Crippen LogP contribution in [-0.2, 0) is 54.8 Å². The van der Waals surface area contributed by atoms with Crippen LogP contribution >= 0.6 is 0 Å². The van der Waals surface area contributed by atoms with E-state index >= 15 is 0 Å². The van der Waals surface area contributed by atoms with Gasteiger partial charge in [0.2, 0.25) is 0 Å². The van der Waals surface area contributed by atoms with Crippen LogP contribution in [0.3, 0.4) is 0 Å². The maximum Gasteiger partial charge on any atom is 0.343 e. The Kier molecular flexibility index (Phi) is 24.7. The molecule has 16 heteroatoms. The lowest BCUT2D eigenvalue weighted by Gasteiger charge is -2.33. The highest BCUT2D eigenvalue weighted by Gasteiger charge is 2.27. The van der Waals surface area contributed by atoms with Gasteiger partial charge in [-0.25, -0.2) is 18.4 Å². The van der Waals surface area contributed by atoms with E-state index in [0.717, 1.165) is 74.5 Å². The molecule has 0 saturated carbocycles. The van der Waals surface area contributed by atoms with Crippen molar-refractivity contribution in [2.75, 3.05) is 80.0 Å². The molecule has 2 heterocycles. The van der Waals surface area contributed by atoms with Crippen molar-refractivity contribution in [2.24, 2.45) is 0 Å². The number of ether oxygens (including phenoxy) is 8. The quantitative estimate of drug-likeness (QED) is 0.0273. The van der Waals surface area contributed by atoms with Crippen LogP contribution in [0.25, 0.3) is 0 Å². The van der Waals surface area contributed by atoms with Crippen LogP contribution in [0, 0.1) is 11.6 Å². The predicted octanol–water partition coefficient (Wildman–Crippen LogP) is 9.20. The zero-order valence-electron chi connectivity index (χ0n) is 44.7. The average molecular weight is 1070 g/mol. The van der Waals surface area contributed by atoms with Crippen LogP contribution in [0.5, 0.6) is 23.0 Å². The van der Waals surface area contributed by atoms with E-state index in [1.165, 1.54) is 37.5 Å². The minimum Gasteiger partial charge on any atom is -0.494 e. The number of carbonyl (C=O) groups excluding carboxylic acids is 2. The smallest absolute Gasteiger partial charge is 0.343 e. The number of hydrogen-bond acceptors (Lipinski definition) is 14. The molecule has 2 saturated heterocycles. The van der Waals surface area contributed by atoms with E-state index in [9.17, 15) is 18.4 Å². The molecule has 6 aromatic carbocycles. The third-order valence-electron chi connectivity index (χ3n) is 13.5. The van der Waals surface area contributed by atoms with Crippen molar-refractivity contribution >= 4 is 11.9 Å². The number of halogens is 2. The molecule has 8 rings (SSSR count). The molecule has 0 aliphatic carbocycles. The zero-order chi connectivity index (χ0) is 54.6. The zero-order valence-corrected chi connectivity index (χ0v) is 44.7. The lowest BCUT2D eigenvalue weighted by molar-refractivity contribution is -0.143. The number of benzene rings is 6. The molecule has 2 fully saturated rings. The topological polar surface area (TPSA) is 156 Å². The van der Waals surface area contributed by atoms with Crippen LogP contribution in [-0.4, -0.2) is 104 Å². The Hall–Kier alpha value is -6.92. The Balaban J connectivity index is 0.000000226. The summed E-state index contributed by atoms with van der Waals surface area (Å²) in [7, 11) is 2.69. The molecular weight excluding hydrogens is 999 g/mol. The fourth-order valence-electron chi connectivity index (χ4n) is 9.25. The van der Waals surface area contributed by atoms with Gasteiger partial charge in [-0.2, -0.15) is 0 Å². The Morgan fingerprint density at radius 2 is 0.923 bits per heavy atom. The monoisotopic (exact) mass is 1070 g/mol. The van der Waals surface area contributed by atoms with Gasteiger partial charge in [-0.1, -0.05) is 84.9 Å². The van der Waals surface area contributed by atoms with E-state index in [2.05, 4.69) is 55.0 Å². The maximum atomic E-state index is 13.6. The van der Waals surface area contributed by atoms with Gasteiger partial charge in [0.15, 0.2) is 13.2 Å². The first kappa shape index (κ1) is 58.8. The van der Waals surface area contributed by atoms with Gasteiger partial charge in [0, 0.05) is 74.1 Å². The first-order valence-corrected chi connectivity index (χ1v) is 26.8. The fourth-order valence-corrected chi connectivity index (χ4v) is 9.25. The van der Waals surface area contributed by atoms with Crippen molar-refractivity contribution < 1.29 is 56.3 Å². The van der Waals surface area contributed by atoms with E-state index in [-0.39, 0.29) is 50.1 Å². The summed E-state index contributed by atoms with van der Waals surface area (Å²) in [5.74, 6) is 2.42. The molecule has 2 aliphatic heterocycles. The average Bonchev–Trinajstić information content (AvgIpc) is 3.49. The predicted molar refractivity (Wildman–Crippen MR) is 295 cm³/mol. The highest BCUT2D eigenvalue weighted by Crippen LogP contribution is 2.30. The van der Waals surface area contributed by atoms with Gasteiger partial charge in [0.25, 0.3) is 0 Å². The van der Waals surface area contributed by atoms with E-state index < -0.39 is 11.9 Å². The van der Waals surface area contributed by atoms with Crippen molar-refractivity contribution in [3.8, 4) is 23.0 Å². The summed E-state index contributed by atoms with van der Waals surface area (Å²) in [6.45, 7) is 7.52. The summed E-state index contributed by atoms with van der Waals surface area (Å²) in [6.07, 6.45) is 3.54. The molecule has 0 aromatic heterocycles. The van der Waals surface area contributed by atoms with Crippen molar-refractivity contribution in [3.63, 3.8) is 0 Å². The SMILES string of the molecule is COC(=O)COc1cccc(CN[C@@H]2CNCCC2c2ccc(OCCCOCc3ccccc3F)cc2)c1.COC(=O)COc1cccc(CN[C@H]2CNCC[C@H]2c2ccc(OCCCOCc3ccccc3F)cc2)c1. The number of nitrogens with one attached hydrogen (secondary N) is 4. The molecule has 78 heavy (non-hydrogen) atoms. The Morgan fingerprint density at radius 1 is 0.500 bits per heavy atom. The standard InChI is InChI=1S/2C31H37FN2O5/c2*1-36-31(35)22-39-27-8-4-6-23(18-27)19-34-30-20-33-15-14-28(30)24-10-12-26(13-11-24)38-17-5-16-37-21-25-7-2-3-9-29(25)32/h2*2-4,6-13,18,28,30,33-34H,5,14-17,19-22H2,1H3/t28?,30-;28-,30-/m10/s1. The van der Waals surface area contributed by atoms with Crippen LogP contribution < -0.4 is 40.2 Å². The second-order valence-electron chi connectivity index (χ2n) is 19.0. The number of rotatable bonds is 28. The molecule has 2 aliphatic rings. The van der Waals surface area contributed by atoms with Gasteiger partial charge in [-0.15, -0.1) is 0 Å². The molecule has 4 N–H and O–H groups in total. The van der Waals surface area contributed by atoms with Crippen LogP contribution in [0.15, 0.2) is 146 Å². The van der Waals surface area contributed by atoms with Crippen LogP contribution in [0.4, 0.5) is 8.78 Å². The molecule has 6 aromatic rings. The van der Waals surface area contributed by atoms with E-state index in [0.29, 0.717) is 74.0 Å². The van der Waals surface area contributed by atoms with Crippen molar-refractivity contribution in [1.29, 1.82) is 0 Å². The van der Waals surface area contributed by atoms with E-state index in [4.69, 9.17) is 28.4 Å². The van der Waals surface area contributed by atoms with Gasteiger partial charge < -0.3 is 59.2 Å². The summed E-state index contributed by atoms with van der Waals surface area (Å²) in [5.41, 5.74) is 5.87. The fraction of sp³-hybridized carbons (Fsp3) is 0.387. The van der Waals surface area contributed by atoms with E-state index in [1.54, 1.807) is 24.3 Å². The molecule has 416 valence electrons.